The lowest BCUT2D eigenvalue weighted by Gasteiger charge is -2.23. The van der Waals surface area contributed by atoms with Crippen molar-refractivity contribution < 1.29 is 9.53 Å². The molecule has 0 bridgehead atoms. The summed E-state index contributed by atoms with van der Waals surface area (Å²) in [5, 5.41) is 3.65. The standard InChI is InChI=1S/C21H23N5O2S/c27-19(20-24-17-3-1-2-4-18(17)29-20)23-15-6-10-26(13-15)21-22-9-5-16(25-21)14-7-11-28-12-8-14/h1-5,9,14-15H,6-8,10-13H2,(H,23,27). The summed E-state index contributed by atoms with van der Waals surface area (Å²) < 4.78 is 6.49. The van der Waals surface area contributed by atoms with Crippen LogP contribution in [-0.4, -0.2) is 53.2 Å². The van der Waals surface area contributed by atoms with Gasteiger partial charge < -0.3 is 15.0 Å². The molecule has 2 aliphatic heterocycles. The minimum Gasteiger partial charge on any atom is -0.381 e. The number of hydrogen-bond acceptors (Lipinski definition) is 7. The maximum atomic E-state index is 12.6. The van der Waals surface area contributed by atoms with Gasteiger partial charge in [0.1, 0.15) is 0 Å². The molecule has 1 amide bonds. The molecule has 2 saturated heterocycles. The van der Waals surface area contributed by atoms with E-state index in [0.717, 1.165) is 60.9 Å². The molecule has 0 saturated carbocycles. The van der Waals surface area contributed by atoms with E-state index in [-0.39, 0.29) is 11.9 Å². The molecule has 3 aromatic rings. The van der Waals surface area contributed by atoms with Crippen molar-refractivity contribution in [1.29, 1.82) is 0 Å². The number of aromatic nitrogens is 3. The number of thiazole rings is 1. The molecule has 29 heavy (non-hydrogen) atoms. The second-order valence-corrected chi connectivity index (χ2v) is 8.59. The average Bonchev–Trinajstić information content (AvgIpc) is 3.41. The maximum absolute atomic E-state index is 12.6. The van der Waals surface area contributed by atoms with E-state index < -0.39 is 0 Å². The first-order chi connectivity index (χ1) is 14.3. The lowest BCUT2D eigenvalue weighted by atomic mass is 9.96. The number of nitrogens with zero attached hydrogens (tertiary/aromatic N) is 4. The van der Waals surface area contributed by atoms with Gasteiger partial charge >= 0.3 is 0 Å². The van der Waals surface area contributed by atoms with Gasteiger partial charge in [-0.2, -0.15) is 0 Å². The van der Waals surface area contributed by atoms with Crippen molar-refractivity contribution in [2.75, 3.05) is 31.2 Å². The third-order valence-electron chi connectivity index (χ3n) is 5.60. The van der Waals surface area contributed by atoms with Gasteiger partial charge in [0.2, 0.25) is 5.95 Å². The van der Waals surface area contributed by atoms with E-state index in [1.807, 2.05) is 36.5 Å². The number of hydrogen-bond donors (Lipinski definition) is 1. The van der Waals surface area contributed by atoms with Gasteiger partial charge in [0.05, 0.1) is 10.2 Å². The van der Waals surface area contributed by atoms with Crippen LogP contribution >= 0.6 is 11.3 Å². The Morgan fingerprint density at radius 2 is 2.00 bits per heavy atom. The number of carbonyl (C=O) groups is 1. The quantitative estimate of drug-likeness (QED) is 0.714. The van der Waals surface area contributed by atoms with E-state index in [2.05, 4.69) is 20.2 Å². The van der Waals surface area contributed by atoms with Crippen LogP contribution in [0.15, 0.2) is 36.5 Å². The van der Waals surface area contributed by atoms with Gasteiger partial charge in [-0.15, -0.1) is 11.3 Å². The minimum absolute atomic E-state index is 0.0739. The normalized spacial score (nSPS) is 20.3. The van der Waals surface area contributed by atoms with Crippen molar-refractivity contribution in [3.05, 3.63) is 47.2 Å². The highest BCUT2D eigenvalue weighted by molar-refractivity contribution is 7.20. The average molecular weight is 410 g/mol. The number of para-hydroxylation sites is 1. The van der Waals surface area contributed by atoms with Crippen LogP contribution in [0.4, 0.5) is 5.95 Å². The van der Waals surface area contributed by atoms with Gasteiger partial charge in [-0.25, -0.2) is 15.0 Å². The summed E-state index contributed by atoms with van der Waals surface area (Å²) in [6, 6.07) is 9.91. The Hall–Kier alpha value is -2.58. The Labute approximate surface area is 173 Å². The van der Waals surface area contributed by atoms with Crippen LogP contribution in [0.25, 0.3) is 10.2 Å². The van der Waals surface area contributed by atoms with Crippen molar-refractivity contribution in [1.82, 2.24) is 20.3 Å². The molecule has 4 heterocycles. The molecule has 8 heteroatoms. The fourth-order valence-corrected chi connectivity index (χ4v) is 4.88. The van der Waals surface area contributed by atoms with Crippen LogP contribution in [0.1, 0.15) is 40.7 Å². The number of amides is 1. The first-order valence-electron chi connectivity index (χ1n) is 10.1. The summed E-state index contributed by atoms with van der Waals surface area (Å²) in [7, 11) is 0. The zero-order chi connectivity index (χ0) is 19.6. The zero-order valence-electron chi connectivity index (χ0n) is 16.1. The Morgan fingerprint density at radius 3 is 2.86 bits per heavy atom. The molecule has 7 nitrogen and oxygen atoms in total. The number of carbonyl (C=O) groups excluding carboxylic acids is 1. The summed E-state index contributed by atoms with van der Waals surface area (Å²) in [5.74, 6) is 1.10. The van der Waals surface area contributed by atoms with E-state index in [1.54, 1.807) is 0 Å². The molecule has 1 atom stereocenters. The fourth-order valence-electron chi connectivity index (χ4n) is 4.01. The van der Waals surface area contributed by atoms with Crippen LogP contribution in [0, 0.1) is 0 Å². The van der Waals surface area contributed by atoms with Crippen molar-refractivity contribution in [2.45, 2.75) is 31.2 Å². The molecule has 2 fully saturated rings. The highest BCUT2D eigenvalue weighted by atomic mass is 32.1. The van der Waals surface area contributed by atoms with Crippen molar-refractivity contribution in [3.8, 4) is 0 Å². The number of anilines is 1. The summed E-state index contributed by atoms with van der Waals surface area (Å²) in [6.07, 6.45) is 4.75. The SMILES string of the molecule is O=C(NC1CCN(c2nccc(C3CCOCC3)n2)C1)c1nc2ccccc2s1. The highest BCUT2D eigenvalue weighted by Gasteiger charge is 2.27. The minimum atomic E-state index is -0.102. The van der Waals surface area contributed by atoms with Crippen LogP contribution in [-0.2, 0) is 4.74 Å². The Kier molecular flexibility index (Phi) is 5.12. The third-order valence-corrected chi connectivity index (χ3v) is 6.63. The Morgan fingerprint density at radius 1 is 1.14 bits per heavy atom. The van der Waals surface area contributed by atoms with Crippen LogP contribution < -0.4 is 10.2 Å². The maximum Gasteiger partial charge on any atom is 0.280 e. The summed E-state index contributed by atoms with van der Waals surface area (Å²) in [5.41, 5.74) is 1.97. The number of ether oxygens (including phenoxy) is 1. The highest BCUT2D eigenvalue weighted by Crippen LogP contribution is 2.27. The van der Waals surface area contributed by atoms with Gasteiger partial charge in [-0.1, -0.05) is 12.1 Å². The zero-order valence-corrected chi connectivity index (χ0v) is 16.9. The van der Waals surface area contributed by atoms with E-state index >= 15 is 0 Å². The van der Waals surface area contributed by atoms with Gasteiger partial charge in [-0.3, -0.25) is 4.79 Å². The molecule has 150 valence electrons. The number of fused-ring (bicyclic) bond motifs is 1. The molecule has 1 N–H and O–H groups in total. The predicted octanol–water partition coefficient (Wildman–Crippen LogP) is 2.99. The second-order valence-electron chi connectivity index (χ2n) is 7.56. The van der Waals surface area contributed by atoms with E-state index in [4.69, 9.17) is 9.72 Å². The van der Waals surface area contributed by atoms with Gasteiger partial charge in [-0.05, 0) is 37.5 Å². The summed E-state index contributed by atoms with van der Waals surface area (Å²) in [6.45, 7) is 3.15. The number of benzene rings is 1. The third kappa shape index (κ3) is 3.95. The lowest BCUT2D eigenvalue weighted by molar-refractivity contribution is 0.0845. The summed E-state index contributed by atoms with van der Waals surface area (Å²) >= 11 is 1.43. The van der Waals surface area contributed by atoms with Crippen molar-refractivity contribution in [3.63, 3.8) is 0 Å². The molecule has 1 aromatic carbocycles. The molecule has 5 rings (SSSR count). The molecular formula is C21H23N5O2S. The van der Waals surface area contributed by atoms with Gasteiger partial charge in [0.25, 0.3) is 5.91 Å². The monoisotopic (exact) mass is 409 g/mol. The largest absolute Gasteiger partial charge is 0.381 e. The topological polar surface area (TPSA) is 80.2 Å². The molecular weight excluding hydrogens is 386 g/mol. The van der Waals surface area contributed by atoms with E-state index in [0.29, 0.717) is 17.5 Å². The first kappa shape index (κ1) is 18.4. The molecule has 0 radical (unpaired) electrons. The Balaban J connectivity index is 1.23. The molecule has 2 aliphatic rings. The van der Waals surface area contributed by atoms with Crippen molar-refractivity contribution >= 4 is 33.4 Å². The molecule has 0 spiro atoms. The second kappa shape index (κ2) is 8.04. The molecule has 1 unspecified atom stereocenters. The van der Waals surface area contributed by atoms with Crippen LogP contribution in [0.2, 0.25) is 0 Å². The summed E-state index contributed by atoms with van der Waals surface area (Å²) in [4.78, 5) is 28.6. The van der Waals surface area contributed by atoms with Gasteiger partial charge in [0.15, 0.2) is 5.01 Å². The molecule has 0 aliphatic carbocycles. The van der Waals surface area contributed by atoms with E-state index in [9.17, 15) is 4.79 Å². The van der Waals surface area contributed by atoms with Crippen molar-refractivity contribution in [2.24, 2.45) is 0 Å². The number of nitrogens with one attached hydrogen (secondary N) is 1. The predicted molar refractivity (Wildman–Crippen MR) is 113 cm³/mol. The smallest absolute Gasteiger partial charge is 0.280 e. The fraction of sp³-hybridized carbons (Fsp3) is 0.429. The van der Waals surface area contributed by atoms with Gasteiger partial charge in [0, 0.05) is 50.2 Å². The molecule has 2 aromatic heterocycles. The lowest BCUT2D eigenvalue weighted by Crippen LogP contribution is -2.37. The van der Waals surface area contributed by atoms with Crippen LogP contribution in [0.5, 0.6) is 0 Å². The Bertz CT molecular complexity index is 984. The van der Waals surface area contributed by atoms with E-state index in [1.165, 1.54) is 11.3 Å². The van der Waals surface area contributed by atoms with Crippen LogP contribution in [0.3, 0.4) is 0 Å². The number of rotatable bonds is 4. The first-order valence-corrected chi connectivity index (χ1v) is 10.9.